The highest BCUT2D eigenvalue weighted by atomic mass is 16.5. The molecule has 114 valence electrons. The van der Waals surface area contributed by atoms with Gasteiger partial charge in [-0.25, -0.2) is 4.79 Å². The smallest absolute Gasteiger partial charge is 0.328 e. The molecule has 5 nitrogen and oxygen atoms in total. The predicted octanol–water partition coefficient (Wildman–Crippen LogP) is 1.81. The highest BCUT2D eigenvalue weighted by Crippen LogP contribution is 2.12. The van der Waals surface area contributed by atoms with E-state index in [2.05, 4.69) is 0 Å². The van der Waals surface area contributed by atoms with Crippen LogP contribution in [0.2, 0.25) is 0 Å². The molecule has 0 fully saturated rings. The van der Waals surface area contributed by atoms with Crippen molar-refractivity contribution < 1.29 is 4.74 Å². The van der Waals surface area contributed by atoms with Crippen LogP contribution in [-0.4, -0.2) is 22.3 Å². The summed E-state index contributed by atoms with van der Waals surface area (Å²) in [6.45, 7) is 5.65. The van der Waals surface area contributed by atoms with Crippen LogP contribution in [0.3, 0.4) is 0 Å². The summed E-state index contributed by atoms with van der Waals surface area (Å²) in [5, 5.41) is 0. The van der Waals surface area contributed by atoms with Gasteiger partial charge in [-0.15, -0.1) is 0 Å². The molecule has 0 aliphatic carbocycles. The van der Waals surface area contributed by atoms with Gasteiger partial charge in [-0.1, -0.05) is 12.1 Å². The van der Waals surface area contributed by atoms with Crippen molar-refractivity contribution in [2.24, 2.45) is 5.73 Å². The fraction of sp³-hybridized carbons (Fsp3) is 0.438. The summed E-state index contributed by atoms with van der Waals surface area (Å²) < 4.78 is 9.05. The van der Waals surface area contributed by atoms with Gasteiger partial charge < -0.3 is 10.5 Å². The van der Waals surface area contributed by atoms with E-state index < -0.39 is 0 Å². The normalized spacial score (nSPS) is 11.0. The lowest BCUT2D eigenvalue weighted by molar-refractivity contribution is 0.295. The molecule has 0 saturated heterocycles. The van der Waals surface area contributed by atoms with Gasteiger partial charge >= 0.3 is 5.69 Å². The molecule has 0 aliphatic heterocycles. The van der Waals surface area contributed by atoms with Crippen molar-refractivity contribution in [1.29, 1.82) is 0 Å². The predicted molar refractivity (Wildman–Crippen MR) is 83.8 cm³/mol. The van der Waals surface area contributed by atoms with E-state index in [1.165, 1.54) is 5.56 Å². The first-order chi connectivity index (χ1) is 10.1. The number of ether oxygens (including phenoxy) is 1. The summed E-state index contributed by atoms with van der Waals surface area (Å²) in [7, 11) is 0. The van der Waals surface area contributed by atoms with Crippen molar-refractivity contribution in [3.05, 3.63) is 52.7 Å². The molecular formula is C16H23N3O2. The Labute approximate surface area is 125 Å². The van der Waals surface area contributed by atoms with E-state index in [4.69, 9.17) is 10.5 Å². The molecule has 2 aromatic rings. The Hall–Kier alpha value is -2.01. The van der Waals surface area contributed by atoms with Crippen LogP contribution in [0.5, 0.6) is 5.75 Å². The minimum Gasteiger partial charge on any atom is -0.492 e. The van der Waals surface area contributed by atoms with Crippen molar-refractivity contribution >= 4 is 0 Å². The third kappa shape index (κ3) is 3.98. The first kappa shape index (κ1) is 15.4. The molecule has 0 amide bonds. The lowest BCUT2D eigenvalue weighted by Crippen LogP contribution is -2.26. The van der Waals surface area contributed by atoms with Gasteiger partial charge in [0.05, 0.1) is 6.54 Å². The third-order valence-corrected chi connectivity index (χ3v) is 3.39. The summed E-state index contributed by atoms with van der Waals surface area (Å²) in [5.41, 5.74) is 6.73. The number of rotatable bonds is 7. The van der Waals surface area contributed by atoms with Crippen LogP contribution in [0, 0.1) is 0 Å². The molecule has 5 heteroatoms. The number of benzene rings is 1. The van der Waals surface area contributed by atoms with Crippen LogP contribution in [0.4, 0.5) is 0 Å². The van der Waals surface area contributed by atoms with Crippen LogP contribution in [0.25, 0.3) is 0 Å². The maximum Gasteiger partial charge on any atom is 0.328 e. The second-order valence-corrected chi connectivity index (χ2v) is 5.31. The van der Waals surface area contributed by atoms with Gasteiger partial charge in [0.25, 0.3) is 0 Å². The molecule has 0 aliphatic rings. The summed E-state index contributed by atoms with van der Waals surface area (Å²) in [5.74, 6) is 0.812. The van der Waals surface area contributed by atoms with E-state index in [0.717, 1.165) is 12.2 Å². The summed E-state index contributed by atoms with van der Waals surface area (Å²) in [6.07, 6.45) is 4.49. The molecule has 0 saturated carbocycles. The quantitative estimate of drug-likeness (QED) is 0.845. The second kappa shape index (κ2) is 7.13. The number of aromatic nitrogens is 2. The van der Waals surface area contributed by atoms with Gasteiger partial charge in [0.2, 0.25) is 0 Å². The van der Waals surface area contributed by atoms with Gasteiger partial charge in [0, 0.05) is 18.4 Å². The molecule has 0 atom stereocenters. The second-order valence-electron chi connectivity index (χ2n) is 5.31. The third-order valence-electron chi connectivity index (χ3n) is 3.39. The number of hydrogen-bond acceptors (Lipinski definition) is 3. The van der Waals surface area contributed by atoms with Crippen molar-refractivity contribution in [1.82, 2.24) is 9.13 Å². The fourth-order valence-corrected chi connectivity index (χ4v) is 2.17. The molecule has 2 rings (SSSR count). The van der Waals surface area contributed by atoms with Crippen molar-refractivity contribution in [2.45, 2.75) is 32.9 Å². The molecule has 1 heterocycles. The van der Waals surface area contributed by atoms with Gasteiger partial charge in [-0.3, -0.25) is 9.13 Å². The average Bonchev–Trinajstić information content (AvgIpc) is 2.83. The number of imidazole rings is 1. The zero-order chi connectivity index (χ0) is 15.2. The van der Waals surface area contributed by atoms with E-state index in [1.807, 2.05) is 44.3 Å². The standard InChI is InChI=1S/C16H23N3O2/c1-13(2)19-10-9-18(16(19)20)11-12-21-15-5-3-14(4-6-15)7-8-17/h3-6,9-10,13H,7-8,11-12,17H2,1-2H3. The molecule has 1 aromatic carbocycles. The maximum absolute atomic E-state index is 12.0. The van der Waals surface area contributed by atoms with E-state index in [9.17, 15) is 4.79 Å². The highest BCUT2D eigenvalue weighted by molar-refractivity contribution is 5.27. The Kier molecular flexibility index (Phi) is 5.22. The lowest BCUT2D eigenvalue weighted by Gasteiger charge is -2.08. The number of nitrogens with two attached hydrogens (primary N) is 1. The Morgan fingerprint density at radius 3 is 2.48 bits per heavy atom. The topological polar surface area (TPSA) is 62.2 Å². The molecule has 0 radical (unpaired) electrons. The Balaban J connectivity index is 1.88. The Morgan fingerprint density at radius 2 is 1.90 bits per heavy atom. The zero-order valence-corrected chi connectivity index (χ0v) is 12.7. The van der Waals surface area contributed by atoms with Crippen molar-refractivity contribution in [3.8, 4) is 5.75 Å². The summed E-state index contributed by atoms with van der Waals surface area (Å²) in [4.78, 5) is 12.0. The summed E-state index contributed by atoms with van der Waals surface area (Å²) >= 11 is 0. The molecule has 0 bridgehead atoms. The molecule has 1 aromatic heterocycles. The van der Waals surface area contributed by atoms with E-state index in [0.29, 0.717) is 19.7 Å². The number of hydrogen-bond donors (Lipinski definition) is 1. The van der Waals surface area contributed by atoms with Gasteiger partial charge in [-0.2, -0.15) is 0 Å². The SMILES string of the molecule is CC(C)n1ccn(CCOc2ccc(CCN)cc2)c1=O. The first-order valence-electron chi connectivity index (χ1n) is 7.31. The van der Waals surface area contributed by atoms with E-state index in [1.54, 1.807) is 15.3 Å². The molecule has 0 unspecified atom stereocenters. The van der Waals surface area contributed by atoms with Crippen molar-refractivity contribution in [2.75, 3.05) is 13.2 Å². The van der Waals surface area contributed by atoms with E-state index >= 15 is 0 Å². The van der Waals surface area contributed by atoms with Gasteiger partial charge in [0.15, 0.2) is 0 Å². The highest BCUT2D eigenvalue weighted by Gasteiger charge is 2.05. The maximum atomic E-state index is 12.0. The van der Waals surface area contributed by atoms with E-state index in [-0.39, 0.29) is 11.7 Å². The summed E-state index contributed by atoms with van der Waals surface area (Å²) in [6, 6.07) is 8.09. The largest absolute Gasteiger partial charge is 0.492 e. The van der Waals surface area contributed by atoms with Crippen LogP contribution in [-0.2, 0) is 13.0 Å². The first-order valence-corrected chi connectivity index (χ1v) is 7.31. The van der Waals surface area contributed by atoms with Gasteiger partial charge in [0.1, 0.15) is 12.4 Å². The van der Waals surface area contributed by atoms with Crippen LogP contribution < -0.4 is 16.2 Å². The molecule has 21 heavy (non-hydrogen) atoms. The van der Waals surface area contributed by atoms with Crippen LogP contribution >= 0.6 is 0 Å². The van der Waals surface area contributed by atoms with Crippen molar-refractivity contribution in [3.63, 3.8) is 0 Å². The zero-order valence-electron chi connectivity index (χ0n) is 12.7. The van der Waals surface area contributed by atoms with Crippen LogP contribution in [0.1, 0.15) is 25.5 Å². The fourth-order valence-electron chi connectivity index (χ4n) is 2.17. The Bertz CT molecular complexity index is 611. The minimum absolute atomic E-state index is 0.00638. The Morgan fingerprint density at radius 1 is 1.19 bits per heavy atom. The van der Waals surface area contributed by atoms with Crippen LogP contribution in [0.15, 0.2) is 41.5 Å². The minimum atomic E-state index is 0.00638. The average molecular weight is 289 g/mol. The lowest BCUT2D eigenvalue weighted by atomic mass is 10.1. The monoisotopic (exact) mass is 289 g/mol. The molecule has 0 spiro atoms. The molecular weight excluding hydrogens is 266 g/mol. The number of nitrogens with zero attached hydrogens (tertiary/aromatic N) is 2. The van der Waals surface area contributed by atoms with Gasteiger partial charge in [-0.05, 0) is 44.5 Å². The molecule has 2 N–H and O–H groups in total.